The van der Waals surface area contributed by atoms with Crippen LogP contribution in [0, 0.1) is 16.7 Å². The average molecular weight is 223 g/mol. The van der Waals surface area contributed by atoms with Crippen molar-refractivity contribution in [3.05, 3.63) is 0 Å². The predicted molar refractivity (Wildman–Crippen MR) is 67.6 cm³/mol. The molecule has 1 saturated carbocycles. The maximum atomic E-state index is 7.46. The van der Waals surface area contributed by atoms with Crippen molar-refractivity contribution in [1.82, 2.24) is 4.90 Å². The van der Waals surface area contributed by atoms with E-state index in [9.17, 15) is 0 Å². The van der Waals surface area contributed by atoms with Crippen molar-refractivity contribution in [2.75, 3.05) is 13.1 Å². The summed E-state index contributed by atoms with van der Waals surface area (Å²) in [4.78, 5) is 2.63. The monoisotopic (exact) mass is 223 g/mol. The van der Waals surface area contributed by atoms with E-state index >= 15 is 0 Å². The van der Waals surface area contributed by atoms with Crippen molar-refractivity contribution < 1.29 is 0 Å². The molecule has 1 heterocycles. The molecule has 0 aromatic rings. The fourth-order valence-electron chi connectivity index (χ4n) is 3.00. The molecule has 3 N–H and O–H groups in total. The summed E-state index contributed by atoms with van der Waals surface area (Å²) in [7, 11) is 0. The highest BCUT2D eigenvalue weighted by atomic mass is 15.2. The molecule has 0 bridgehead atoms. The first-order chi connectivity index (χ1) is 7.51. The van der Waals surface area contributed by atoms with Gasteiger partial charge in [0.2, 0.25) is 0 Å². The summed E-state index contributed by atoms with van der Waals surface area (Å²) < 4.78 is 0. The molecular formula is C13H25N3. The van der Waals surface area contributed by atoms with Crippen LogP contribution < -0.4 is 5.73 Å². The highest BCUT2D eigenvalue weighted by Gasteiger charge is 2.45. The number of hydrogen-bond donors (Lipinski definition) is 2. The summed E-state index contributed by atoms with van der Waals surface area (Å²) in [5.41, 5.74) is 5.92. The SMILES string of the molecule is CC1CCC(C)N(CC2(CC(=N)N)CC2)C1. The van der Waals surface area contributed by atoms with E-state index in [0.29, 0.717) is 11.3 Å². The summed E-state index contributed by atoms with van der Waals surface area (Å²) in [6, 6.07) is 0.723. The lowest BCUT2D eigenvalue weighted by molar-refractivity contribution is 0.100. The van der Waals surface area contributed by atoms with E-state index < -0.39 is 0 Å². The second-order valence-electron chi connectivity index (χ2n) is 6.16. The fourth-order valence-corrected chi connectivity index (χ4v) is 3.00. The highest BCUT2D eigenvalue weighted by Crippen LogP contribution is 2.50. The molecule has 2 fully saturated rings. The largest absolute Gasteiger partial charge is 0.388 e. The van der Waals surface area contributed by atoms with Gasteiger partial charge in [0.25, 0.3) is 0 Å². The second-order valence-corrected chi connectivity index (χ2v) is 6.16. The van der Waals surface area contributed by atoms with Crippen LogP contribution >= 0.6 is 0 Å². The highest BCUT2D eigenvalue weighted by molar-refractivity contribution is 5.78. The molecule has 3 nitrogen and oxygen atoms in total. The van der Waals surface area contributed by atoms with Crippen molar-refractivity contribution >= 4 is 5.84 Å². The van der Waals surface area contributed by atoms with Gasteiger partial charge in [-0.1, -0.05) is 6.92 Å². The molecule has 2 aliphatic rings. The van der Waals surface area contributed by atoms with Crippen LogP contribution in [0.5, 0.6) is 0 Å². The zero-order valence-corrected chi connectivity index (χ0v) is 10.6. The van der Waals surface area contributed by atoms with Gasteiger partial charge in [-0.2, -0.15) is 0 Å². The molecular weight excluding hydrogens is 198 g/mol. The molecule has 92 valence electrons. The van der Waals surface area contributed by atoms with E-state index in [2.05, 4.69) is 18.7 Å². The number of amidine groups is 1. The van der Waals surface area contributed by atoms with Gasteiger partial charge >= 0.3 is 0 Å². The van der Waals surface area contributed by atoms with Gasteiger partial charge in [0.1, 0.15) is 0 Å². The lowest BCUT2D eigenvalue weighted by atomic mass is 9.92. The molecule has 0 aromatic carbocycles. The van der Waals surface area contributed by atoms with Crippen molar-refractivity contribution in [2.24, 2.45) is 17.1 Å². The van der Waals surface area contributed by atoms with Crippen molar-refractivity contribution in [3.8, 4) is 0 Å². The molecule has 3 heteroatoms. The minimum Gasteiger partial charge on any atom is -0.388 e. The van der Waals surface area contributed by atoms with Gasteiger partial charge in [-0.15, -0.1) is 0 Å². The molecule has 1 saturated heterocycles. The minimum absolute atomic E-state index is 0.371. The standard InChI is InChI=1S/C13H25N3/c1-10-3-4-11(2)16(8-10)9-13(5-6-13)7-12(14)15/h10-11H,3-9H2,1-2H3,(H3,14,15). The number of nitrogens with one attached hydrogen (secondary N) is 1. The van der Waals surface area contributed by atoms with Crippen molar-refractivity contribution in [1.29, 1.82) is 5.41 Å². The summed E-state index contributed by atoms with van der Waals surface area (Å²) in [6.45, 7) is 7.10. The van der Waals surface area contributed by atoms with Crippen LogP contribution in [-0.4, -0.2) is 29.9 Å². The van der Waals surface area contributed by atoms with Crippen molar-refractivity contribution in [2.45, 2.75) is 52.0 Å². The van der Waals surface area contributed by atoms with Crippen LogP contribution in [0.4, 0.5) is 0 Å². The minimum atomic E-state index is 0.371. The van der Waals surface area contributed by atoms with Gasteiger partial charge in [-0.05, 0) is 43.9 Å². The molecule has 0 amide bonds. The maximum absolute atomic E-state index is 7.46. The van der Waals surface area contributed by atoms with Crippen molar-refractivity contribution in [3.63, 3.8) is 0 Å². The first-order valence-corrected chi connectivity index (χ1v) is 6.58. The summed E-state index contributed by atoms with van der Waals surface area (Å²) in [6.07, 6.45) is 6.05. The molecule has 16 heavy (non-hydrogen) atoms. The molecule has 2 unspecified atom stereocenters. The third-order valence-electron chi connectivity index (χ3n) is 4.31. The predicted octanol–water partition coefficient (Wildman–Crippen LogP) is 2.21. The molecule has 2 atom stereocenters. The number of nitrogens with zero attached hydrogens (tertiary/aromatic N) is 1. The maximum Gasteiger partial charge on any atom is 0.0911 e. The Labute approximate surface area is 98.9 Å². The zero-order valence-electron chi connectivity index (χ0n) is 10.6. The summed E-state index contributed by atoms with van der Waals surface area (Å²) in [5, 5.41) is 7.46. The van der Waals surface area contributed by atoms with Crippen LogP contribution in [0.15, 0.2) is 0 Å². The van der Waals surface area contributed by atoms with E-state index in [0.717, 1.165) is 24.9 Å². The molecule has 1 aliphatic carbocycles. The first kappa shape index (κ1) is 11.9. The Morgan fingerprint density at radius 1 is 1.38 bits per heavy atom. The Morgan fingerprint density at radius 2 is 2.06 bits per heavy atom. The normalized spacial score (nSPS) is 33.6. The number of rotatable bonds is 4. The van der Waals surface area contributed by atoms with Crippen LogP contribution in [0.3, 0.4) is 0 Å². The van der Waals surface area contributed by atoms with E-state index in [4.69, 9.17) is 11.1 Å². The van der Waals surface area contributed by atoms with E-state index in [1.54, 1.807) is 0 Å². The van der Waals surface area contributed by atoms with Gasteiger partial charge in [-0.3, -0.25) is 10.3 Å². The second kappa shape index (κ2) is 4.36. The van der Waals surface area contributed by atoms with Gasteiger partial charge < -0.3 is 5.73 Å². The quantitative estimate of drug-likeness (QED) is 0.567. The van der Waals surface area contributed by atoms with Gasteiger partial charge in [0.15, 0.2) is 0 Å². The lowest BCUT2D eigenvalue weighted by Crippen LogP contribution is -2.44. The number of likely N-dealkylation sites (tertiary alicyclic amines) is 1. The molecule has 0 spiro atoms. The Hall–Kier alpha value is -0.570. The van der Waals surface area contributed by atoms with E-state index in [-0.39, 0.29) is 0 Å². The number of piperidine rings is 1. The van der Waals surface area contributed by atoms with Gasteiger partial charge in [-0.25, -0.2) is 0 Å². The van der Waals surface area contributed by atoms with Crippen LogP contribution in [0.1, 0.15) is 46.0 Å². The topological polar surface area (TPSA) is 53.1 Å². The third kappa shape index (κ3) is 2.76. The van der Waals surface area contributed by atoms with E-state index in [1.165, 1.54) is 32.2 Å². The first-order valence-electron chi connectivity index (χ1n) is 6.58. The van der Waals surface area contributed by atoms with Crippen LogP contribution in [0.25, 0.3) is 0 Å². The van der Waals surface area contributed by atoms with Gasteiger partial charge in [0.05, 0.1) is 5.84 Å². The molecule has 0 aromatic heterocycles. The summed E-state index contributed by atoms with van der Waals surface area (Å²) in [5.74, 6) is 1.21. The van der Waals surface area contributed by atoms with Gasteiger partial charge in [0, 0.05) is 25.6 Å². The smallest absolute Gasteiger partial charge is 0.0911 e. The number of nitrogens with two attached hydrogens (primary N) is 1. The average Bonchev–Trinajstić information content (AvgIpc) is 2.90. The zero-order chi connectivity index (χ0) is 11.8. The number of hydrogen-bond acceptors (Lipinski definition) is 2. The molecule has 2 rings (SSSR count). The Kier molecular flexibility index (Phi) is 3.24. The molecule has 0 radical (unpaired) electrons. The molecule has 1 aliphatic heterocycles. The Morgan fingerprint density at radius 3 is 2.62 bits per heavy atom. The summed E-state index contributed by atoms with van der Waals surface area (Å²) >= 11 is 0. The fraction of sp³-hybridized carbons (Fsp3) is 0.923. The Balaban J connectivity index is 1.90. The Bertz CT molecular complexity index is 270. The van der Waals surface area contributed by atoms with Crippen LogP contribution in [0.2, 0.25) is 0 Å². The third-order valence-corrected chi connectivity index (χ3v) is 4.31. The van der Waals surface area contributed by atoms with E-state index in [1.807, 2.05) is 0 Å². The van der Waals surface area contributed by atoms with Crippen LogP contribution in [-0.2, 0) is 0 Å². The lowest BCUT2D eigenvalue weighted by Gasteiger charge is -2.39.